The van der Waals surface area contributed by atoms with Gasteiger partial charge < -0.3 is 14.3 Å². The van der Waals surface area contributed by atoms with Crippen molar-refractivity contribution in [3.8, 4) is 11.4 Å². The number of fused-ring (bicyclic) bond motifs is 1. The standard InChI is InChI=1S/C19H20BFN2O2/c1-18(2)19(3,4)25-20(24-18)14-11-12(21)9-10-13(14)17-22-15-7-5-6-8-16(15)23-17/h5-11H,1-4H3,(H,22,23). The van der Waals surface area contributed by atoms with Crippen molar-refractivity contribution >= 4 is 23.6 Å². The minimum Gasteiger partial charge on any atom is -0.399 e. The lowest BCUT2D eigenvalue weighted by molar-refractivity contribution is 0.00578. The Bertz CT molecular complexity index is 903. The van der Waals surface area contributed by atoms with Crippen LogP contribution in [-0.4, -0.2) is 28.3 Å². The lowest BCUT2D eigenvalue weighted by Crippen LogP contribution is -2.41. The predicted octanol–water partition coefficient (Wildman–Crippen LogP) is 3.67. The van der Waals surface area contributed by atoms with E-state index in [1.54, 1.807) is 6.07 Å². The third kappa shape index (κ3) is 2.66. The van der Waals surface area contributed by atoms with Crippen LogP contribution in [0.2, 0.25) is 0 Å². The average Bonchev–Trinajstić information content (AvgIpc) is 3.05. The van der Waals surface area contributed by atoms with Gasteiger partial charge in [0.25, 0.3) is 0 Å². The molecule has 1 aliphatic heterocycles. The molecule has 0 aliphatic carbocycles. The normalized spacial score (nSPS) is 18.8. The third-order valence-corrected chi connectivity index (χ3v) is 5.17. The summed E-state index contributed by atoms with van der Waals surface area (Å²) in [5, 5.41) is 0. The van der Waals surface area contributed by atoms with E-state index in [4.69, 9.17) is 9.31 Å². The highest BCUT2D eigenvalue weighted by Gasteiger charge is 2.52. The van der Waals surface area contributed by atoms with E-state index in [9.17, 15) is 4.39 Å². The molecule has 1 saturated heterocycles. The molecular weight excluding hydrogens is 318 g/mol. The van der Waals surface area contributed by atoms with Crippen LogP contribution in [0.1, 0.15) is 27.7 Å². The number of para-hydroxylation sites is 2. The van der Waals surface area contributed by atoms with Crippen molar-refractivity contribution in [3.05, 3.63) is 48.3 Å². The van der Waals surface area contributed by atoms with E-state index in [0.29, 0.717) is 11.3 Å². The Morgan fingerprint density at radius 3 is 2.36 bits per heavy atom. The summed E-state index contributed by atoms with van der Waals surface area (Å²) in [5.74, 6) is 0.343. The SMILES string of the molecule is CC1(C)OB(c2cc(F)ccc2-c2nc3ccccc3[nH]2)OC1(C)C. The molecule has 0 saturated carbocycles. The van der Waals surface area contributed by atoms with Crippen LogP contribution in [0.15, 0.2) is 42.5 Å². The molecule has 2 heterocycles. The van der Waals surface area contributed by atoms with Gasteiger partial charge in [-0.05, 0) is 63.5 Å². The predicted molar refractivity (Wildman–Crippen MR) is 97.2 cm³/mol. The van der Waals surface area contributed by atoms with Crippen molar-refractivity contribution < 1.29 is 13.7 Å². The Labute approximate surface area is 146 Å². The summed E-state index contributed by atoms with van der Waals surface area (Å²) in [5.41, 5.74) is 2.22. The number of imidazole rings is 1. The molecule has 4 nitrogen and oxygen atoms in total. The van der Waals surface area contributed by atoms with Gasteiger partial charge in [-0.1, -0.05) is 12.1 Å². The molecule has 1 aromatic heterocycles. The quantitative estimate of drug-likeness (QED) is 0.726. The number of hydrogen-bond acceptors (Lipinski definition) is 3. The van der Waals surface area contributed by atoms with Crippen LogP contribution in [0.3, 0.4) is 0 Å². The van der Waals surface area contributed by atoms with Crippen LogP contribution in [0.4, 0.5) is 4.39 Å². The zero-order chi connectivity index (χ0) is 17.8. The van der Waals surface area contributed by atoms with Gasteiger partial charge in [0.15, 0.2) is 0 Å². The lowest BCUT2D eigenvalue weighted by atomic mass is 9.75. The van der Waals surface area contributed by atoms with Gasteiger partial charge in [0.05, 0.1) is 22.2 Å². The number of nitrogens with zero attached hydrogens (tertiary/aromatic N) is 1. The van der Waals surface area contributed by atoms with Gasteiger partial charge in [-0.25, -0.2) is 9.37 Å². The molecule has 1 fully saturated rings. The van der Waals surface area contributed by atoms with Crippen molar-refractivity contribution in [1.29, 1.82) is 0 Å². The second-order valence-corrected chi connectivity index (χ2v) is 7.42. The second-order valence-electron chi connectivity index (χ2n) is 7.42. The van der Waals surface area contributed by atoms with Crippen LogP contribution >= 0.6 is 0 Å². The number of halogens is 1. The van der Waals surface area contributed by atoms with Crippen molar-refractivity contribution in [3.63, 3.8) is 0 Å². The molecule has 2 aromatic carbocycles. The zero-order valence-electron chi connectivity index (χ0n) is 14.8. The van der Waals surface area contributed by atoms with Crippen LogP contribution in [0, 0.1) is 5.82 Å². The van der Waals surface area contributed by atoms with Gasteiger partial charge in [-0.3, -0.25) is 0 Å². The summed E-state index contributed by atoms with van der Waals surface area (Å²) in [7, 11) is -0.649. The molecule has 0 unspecified atom stereocenters. The van der Waals surface area contributed by atoms with Crippen LogP contribution in [-0.2, 0) is 9.31 Å². The first-order valence-electron chi connectivity index (χ1n) is 8.37. The molecule has 128 valence electrons. The van der Waals surface area contributed by atoms with E-state index in [-0.39, 0.29) is 5.82 Å². The van der Waals surface area contributed by atoms with Gasteiger partial charge in [0, 0.05) is 5.56 Å². The Kier molecular flexibility index (Phi) is 3.53. The number of aromatic amines is 1. The molecule has 0 atom stereocenters. The Morgan fingerprint density at radius 1 is 1.00 bits per heavy atom. The summed E-state index contributed by atoms with van der Waals surface area (Å²) in [6.45, 7) is 7.92. The fourth-order valence-corrected chi connectivity index (χ4v) is 2.99. The molecule has 0 spiro atoms. The maximum Gasteiger partial charge on any atom is 0.495 e. The first kappa shape index (κ1) is 16.3. The second kappa shape index (κ2) is 5.41. The summed E-state index contributed by atoms with van der Waals surface area (Å²) >= 11 is 0. The Hall–Kier alpha value is -2.18. The minimum absolute atomic E-state index is 0.329. The number of nitrogens with one attached hydrogen (secondary N) is 1. The van der Waals surface area contributed by atoms with Crippen LogP contribution in [0.5, 0.6) is 0 Å². The third-order valence-electron chi connectivity index (χ3n) is 5.17. The number of aromatic nitrogens is 2. The maximum absolute atomic E-state index is 14.0. The Morgan fingerprint density at radius 2 is 1.68 bits per heavy atom. The van der Waals surface area contributed by atoms with E-state index in [1.165, 1.54) is 12.1 Å². The highest BCUT2D eigenvalue weighted by molar-refractivity contribution is 6.63. The van der Waals surface area contributed by atoms with Crippen LogP contribution < -0.4 is 5.46 Å². The lowest BCUT2D eigenvalue weighted by Gasteiger charge is -2.32. The molecule has 0 amide bonds. The zero-order valence-corrected chi connectivity index (χ0v) is 14.8. The first-order valence-corrected chi connectivity index (χ1v) is 8.37. The van der Waals surface area contributed by atoms with Crippen molar-refractivity contribution in [1.82, 2.24) is 9.97 Å². The van der Waals surface area contributed by atoms with Gasteiger partial charge in [0.1, 0.15) is 11.6 Å². The first-order chi connectivity index (χ1) is 11.8. The van der Waals surface area contributed by atoms with Crippen molar-refractivity contribution in [2.24, 2.45) is 0 Å². The fourth-order valence-electron chi connectivity index (χ4n) is 2.99. The van der Waals surface area contributed by atoms with E-state index in [0.717, 1.165) is 16.6 Å². The molecule has 25 heavy (non-hydrogen) atoms. The molecule has 0 radical (unpaired) electrons. The molecule has 0 bridgehead atoms. The number of rotatable bonds is 2. The smallest absolute Gasteiger partial charge is 0.399 e. The average molecular weight is 338 g/mol. The molecule has 1 N–H and O–H groups in total. The minimum atomic E-state index is -0.649. The largest absolute Gasteiger partial charge is 0.495 e. The summed E-state index contributed by atoms with van der Waals surface area (Å²) < 4.78 is 26.2. The van der Waals surface area contributed by atoms with Crippen LogP contribution in [0.25, 0.3) is 22.4 Å². The van der Waals surface area contributed by atoms with E-state index >= 15 is 0 Å². The molecule has 1 aliphatic rings. The summed E-state index contributed by atoms with van der Waals surface area (Å²) in [4.78, 5) is 7.92. The van der Waals surface area contributed by atoms with E-state index < -0.39 is 18.3 Å². The van der Waals surface area contributed by atoms with E-state index in [2.05, 4.69) is 9.97 Å². The fraction of sp³-hybridized carbons (Fsp3) is 0.316. The van der Waals surface area contributed by atoms with Gasteiger partial charge in [-0.2, -0.15) is 0 Å². The van der Waals surface area contributed by atoms with Gasteiger partial charge >= 0.3 is 7.12 Å². The molecule has 3 aromatic rings. The summed E-state index contributed by atoms with van der Waals surface area (Å²) in [6, 6.07) is 12.4. The Balaban J connectivity index is 1.83. The highest BCUT2D eigenvalue weighted by atomic mass is 19.1. The van der Waals surface area contributed by atoms with Gasteiger partial charge in [-0.15, -0.1) is 0 Å². The molecule has 6 heteroatoms. The maximum atomic E-state index is 14.0. The highest BCUT2D eigenvalue weighted by Crippen LogP contribution is 2.37. The molecule has 4 rings (SSSR count). The topological polar surface area (TPSA) is 47.1 Å². The number of hydrogen-bond donors (Lipinski definition) is 1. The monoisotopic (exact) mass is 338 g/mol. The summed E-state index contributed by atoms with van der Waals surface area (Å²) in [6.07, 6.45) is 0. The molecular formula is C19H20BFN2O2. The van der Waals surface area contributed by atoms with E-state index in [1.807, 2.05) is 52.0 Å². The number of benzene rings is 2. The van der Waals surface area contributed by atoms with Crippen molar-refractivity contribution in [2.45, 2.75) is 38.9 Å². The van der Waals surface area contributed by atoms with Gasteiger partial charge in [0.2, 0.25) is 0 Å². The van der Waals surface area contributed by atoms with Crippen molar-refractivity contribution in [2.75, 3.05) is 0 Å². The number of H-pyrrole nitrogens is 1.